The van der Waals surface area contributed by atoms with Crippen molar-refractivity contribution in [3.05, 3.63) is 42.0 Å². The van der Waals surface area contributed by atoms with Gasteiger partial charge in [-0.3, -0.25) is 9.29 Å². The number of sulfonamides is 1. The molecule has 0 unspecified atom stereocenters. The van der Waals surface area contributed by atoms with Crippen LogP contribution in [0.15, 0.2) is 30.6 Å². The number of ether oxygens (including phenoxy) is 3. The highest BCUT2D eigenvalue weighted by Gasteiger charge is 2.36. The van der Waals surface area contributed by atoms with E-state index in [4.69, 9.17) is 14.2 Å². The van der Waals surface area contributed by atoms with Crippen molar-refractivity contribution < 1.29 is 22.6 Å². The van der Waals surface area contributed by atoms with Crippen LogP contribution in [0.4, 0.5) is 5.95 Å². The molecular formula is C24H33N7O5S. The van der Waals surface area contributed by atoms with Crippen LogP contribution in [0.3, 0.4) is 0 Å². The van der Waals surface area contributed by atoms with Gasteiger partial charge in [-0.25, -0.2) is 23.4 Å². The summed E-state index contributed by atoms with van der Waals surface area (Å²) in [5.74, 6) is 1.25. The first-order valence-electron chi connectivity index (χ1n) is 12.2. The molecular weight excluding hydrogens is 498 g/mol. The minimum absolute atomic E-state index is 0.0806. The summed E-state index contributed by atoms with van der Waals surface area (Å²) < 4.78 is 48.5. The van der Waals surface area contributed by atoms with E-state index in [1.165, 1.54) is 7.11 Å². The van der Waals surface area contributed by atoms with E-state index >= 15 is 0 Å². The minimum Gasteiger partial charge on any atom is -0.481 e. The summed E-state index contributed by atoms with van der Waals surface area (Å²) in [7, 11) is -2.48. The van der Waals surface area contributed by atoms with Gasteiger partial charge >= 0.3 is 0 Å². The molecule has 13 heteroatoms. The maximum atomic E-state index is 13.7. The second-order valence-electron chi connectivity index (χ2n) is 9.20. The number of aryl methyl sites for hydroxylation is 1. The maximum absolute atomic E-state index is 13.7. The molecule has 4 rings (SSSR count). The van der Waals surface area contributed by atoms with Crippen molar-refractivity contribution in [3.63, 3.8) is 0 Å². The Morgan fingerprint density at radius 1 is 1.11 bits per heavy atom. The van der Waals surface area contributed by atoms with Crippen molar-refractivity contribution >= 4 is 16.0 Å². The molecule has 1 saturated heterocycles. The quantitative estimate of drug-likeness (QED) is 0.414. The van der Waals surface area contributed by atoms with Gasteiger partial charge in [0, 0.05) is 37.7 Å². The van der Waals surface area contributed by atoms with Gasteiger partial charge in [0.1, 0.15) is 17.0 Å². The average Bonchev–Trinajstić information content (AvgIpc) is 3.30. The van der Waals surface area contributed by atoms with E-state index in [1.807, 2.05) is 20.8 Å². The maximum Gasteiger partial charge on any atom is 0.240 e. The summed E-state index contributed by atoms with van der Waals surface area (Å²) in [4.78, 5) is 13.1. The van der Waals surface area contributed by atoms with Gasteiger partial charge in [0.25, 0.3) is 0 Å². The van der Waals surface area contributed by atoms with E-state index in [0.29, 0.717) is 49.3 Å². The fraction of sp³-hybridized carbons (Fsp3) is 0.542. The third-order valence-electron chi connectivity index (χ3n) is 6.04. The number of hydrogen-bond donors (Lipinski definition) is 1. The van der Waals surface area contributed by atoms with Crippen LogP contribution in [-0.2, 0) is 19.5 Å². The summed E-state index contributed by atoms with van der Waals surface area (Å²) in [6, 6.07) is 5.23. The molecule has 3 aromatic rings. The molecule has 0 bridgehead atoms. The van der Waals surface area contributed by atoms with Crippen LogP contribution >= 0.6 is 0 Å². The van der Waals surface area contributed by atoms with Crippen molar-refractivity contribution in [3.8, 4) is 17.4 Å². The third kappa shape index (κ3) is 6.22. The summed E-state index contributed by atoms with van der Waals surface area (Å²) >= 11 is 0. The van der Waals surface area contributed by atoms with Gasteiger partial charge in [-0.15, -0.1) is 10.2 Å². The number of nitrogens with zero attached hydrogens (tertiary/aromatic N) is 6. The second-order valence-corrected chi connectivity index (χ2v) is 11.2. The van der Waals surface area contributed by atoms with E-state index in [2.05, 4.69) is 29.9 Å². The molecule has 4 heterocycles. The second kappa shape index (κ2) is 11.5. The van der Waals surface area contributed by atoms with Crippen molar-refractivity contribution in [1.29, 1.82) is 0 Å². The first-order valence-corrected chi connectivity index (χ1v) is 13.7. The Morgan fingerprint density at radius 2 is 1.81 bits per heavy atom. The summed E-state index contributed by atoms with van der Waals surface area (Å²) in [5, 5.41) is 7.51. The summed E-state index contributed by atoms with van der Waals surface area (Å²) in [6.45, 7) is 8.20. The molecule has 0 aliphatic carbocycles. The van der Waals surface area contributed by atoms with Crippen LogP contribution in [0.5, 0.6) is 5.88 Å². The monoisotopic (exact) mass is 531 g/mol. The number of anilines is 1. The smallest absolute Gasteiger partial charge is 0.240 e. The number of aromatic nitrogens is 6. The lowest BCUT2D eigenvalue weighted by molar-refractivity contribution is 0.00152. The lowest BCUT2D eigenvalue weighted by Crippen LogP contribution is -2.35. The van der Waals surface area contributed by atoms with E-state index in [9.17, 15) is 8.42 Å². The van der Waals surface area contributed by atoms with Crippen LogP contribution in [0.2, 0.25) is 0 Å². The fourth-order valence-electron chi connectivity index (χ4n) is 4.08. The van der Waals surface area contributed by atoms with Gasteiger partial charge in [0.2, 0.25) is 21.9 Å². The highest BCUT2D eigenvalue weighted by Crippen LogP contribution is 2.32. The van der Waals surface area contributed by atoms with Crippen LogP contribution in [0.1, 0.15) is 57.1 Å². The standard InChI is InChI=1S/C24H33N7O5S/c1-15(2)36-21(22-25-13-16(3)14-26-22)17(4)37(32,33)30-24-29-28-23(19-7-6-8-20(27-19)34-5)31(24)18-9-11-35-12-10-18/h6-8,13-15,17-18,21H,9-12H2,1-5H3,(H,29,30)/t17-,21+/m0/s1. The van der Waals surface area contributed by atoms with E-state index in [0.717, 1.165) is 5.56 Å². The predicted molar refractivity (Wildman–Crippen MR) is 137 cm³/mol. The number of hydrogen-bond acceptors (Lipinski definition) is 10. The Morgan fingerprint density at radius 3 is 2.46 bits per heavy atom. The fourth-order valence-corrected chi connectivity index (χ4v) is 5.18. The predicted octanol–water partition coefficient (Wildman–Crippen LogP) is 3.10. The van der Waals surface area contributed by atoms with Crippen molar-refractivity contribution in [2.75, 3.05) is 25.0 Å². The van der Waals surface area contributed by atoms with E-state index < -0.39 is 21.4 Å². The molecule has 3 aromatic heterocycles. The highest BCUT2D eigenvalue weighted by atomic mass is 32.2. The number of rotatable bonds is 10. The highest BCUT2D eigenvalue weighted by molar-refractivity contribution is 7.93. The molecule has 0 radical (unpaired) electrons. The van der Waals surface area contributed by atoms with Gasteiger partial charge in [0.15, 0.2) is 11.6 Å². The average molecular weight is 532 g/mol. The molecule has 1 aliphatic heterocycles. The van der Waals surface area contributed by atoms with E-state index in [-0.39, 0.29) is 18.1 Å². The third-order valence-corrected chi connectivity index (χ3v) is 7.73. The topological polar surface area (TPSA) is 143 Å². The van der Waals surface area contributed by atoms with E-state index in [1.54, 1.807) is 42.1 Å². The Balaban J connectivity index is 1.70. The first kappa shape index (κ1) is 26.9. The molecule has 0 spiro atoms. The zero-order valence-electron chi connectivity index (χ0n) is 21.7. The SMILES string of the molecule is COc1cccc(-c2nnc(NS(=O)(=O)[C@@H](C)[C@@H](OC(C)C)c3ncc(C)cn3)n2C2CCOCC2)n1. The Labute approximate surface area is 216 Å². The Hall–Kier alpha value is -3.16. The summed E-state index contributed by atoms with van der Waals surface area (Å²) in [6.07, 6.45) is 3.49. The molecule has 0 amide bonds. The molecule has 12 nitrogen and oxygen atoms in total. The van der Waals surface area contributed by atoms with Crippen LogP contribution < -0.4 is 9.46 Å². The van der Waals surface area contributed by atoms with Crippen LogP contribution in [0, 0.1) is 6.92 Å². The van der Waals surface area contributed by atoms with Crippen molar-refractivity contribution in [2.24, 2.45) is 0 Å². The molecule has 200 valence electrons. The molecule has 1 N–H and O–H groups in total. The van der Waals surface area contributed by atoms with Crippen molar-refractivity contribution in [2.45, 2.75) is 64.0 Å². The zero-order valence-corrected chi connectivity index (χ0v) is 22.5. The lowest BCUT2D eigenvalue weighted by Gasteiger charge is -2.28. The first-order chi connectivity index (χ1) is 17.7. The molecule has 0 saturated carbocycles. The van der Waals surface area contributed by atoms with Crippen LogP contribution in [0.25, 0.3) is 11.5 Å². The minimum atomic E-state index is -4.01. The molecule has 1 aliphatic rings. The number of pyridine rings is 1. The lowest BCUT2D eigenvalue weighted by atomic mass is 10.1. The Bertz CT molecular complexity index is 1290. The van der Waals surface area contributed by atoms with Gasteiger partial charge in [-0.05, 0) is 52.2 Å². The van der Waals surface area contributed by atoms with Gasteiger partial charge < -0.3 is 14.2 Å². The zero-order chi connectivity index (χ0) is 26.6. The van der Waals surface area contributed by atoms with Crippen LogP contribution in [-0.4, -0.2) is 69.8 Å². The molecule has 0 aromatic carbocycles. The number of nitrogens with one attached hydrogen (secondary N) is 1. The normalized spacial score (nSPS) is 16.5. The number of methoxy groups -OCH3 is 1. The van der Waals surface area contributed by atoms with Gasteiger partial charge in [-0.2, -0.15) is 0 Å². The van der Waals surface area contributed by atoms with Crippen molar-refractivity contribution in [1.82, 2.24) is 29.7 Å². The molecule has 1 fully saturated rings. The molecule has 2 atom stereocenters. The van der Waals surface area contributed by atoms with Gasteiger partial charge in [-0.1, -0.05) is 6.07 Å². The summed E-state index contributed by atoms with van der Waals surface area (Å²) in [5.41, 5.74) is 1.38. The largest absolute Gasteiger partial charge is 0.481 e. The molecule has 37 heavy (non-hydrogen) atoms. The van der Waals surface area contributed by atoms with Gasteiger partial charge in [0.05, 0.1) is 13.2 Å². The Kier molecular flexibility index (Phi) is 8.35.